The highest BCUT2D eigenvalue weighted by atomic mass is 16.3. The number of nitrogens with one attached hydrogen (secondary N) is 2. The zero-order chi connectivity index (χ0) is 9.84. The molecule has 5 nitrogen and oxygen atoms in total. The van der Waals surface area contributed by atoms with E-state index in [2.05, 4.69) is 15.5 Å². The van der Waals surface area contributed by atoms with Gasteiger partial charge in [-0.15, -0.1) is 0 Å². The molecule has 0 aliphatic heterocycles. The Bertz CT molecular complexity index is 295. The lowest BCUT2D eigenvalue weighted by Gasteiger charge is -2.09. The van der Waals surface area contributed by atoms with Crippen LogP contribution in [0.2, 0.25) is 0 Å². The molecule has 0 aromatic carbocycles. The molecule has 1 atom stereocenters. The molecular formula is C8H13N3O2. The molecule has 0 saturated carbocycles. The van der Waals surface area contributed by atoms with Crippen molar-refractivity contribution in [3.8, 4) is 0 Å². The molecule has 0 fully saturated rings. The first-order valence-electron chi connectivity index (χ1n) is 4.05. The number of rotatable bonds is 3. The lowest BCUT2D eigenvalue weighted by Crippen LogP contribution is -2.29. The van der Waals surface area contributed by atoms with Gasteiger partial charge in [-0.25, -0.2) is 0 Å². The van der Waals surface area contributed by atoms with Crippen LogP contribution in [0.5, 0.6) is 0 Å². The number of aromatic nitrogens is 2. The summed E-state index contributed by atoms with van der Waals surface area (Å²) in [4.78, 5) is 10.8. The minimum Gasteiger partial charge on any atom is -0.387 e. The molecule has 0 aliphatic rings. The number of aliphatic hydroxyl groups is 1. The third-order valence-corrected chi connectivity index (χ3v) is 1.69. The van der Waals surface area contributed by atoms with Gasteiger partial charge in [0.25, 0.3) is 0 Å². The number of hydrogen-bond donors (Lipinski definition) is 3. The molecular weight excluding hydrogens is 170 g/mol. The van der Waals surface area contributed by atoms with Gasteiger partial charge in [0.15, 0.2) is 0 Å². The van der Waals surface area contributed by atoms with Crippen LogP contribution in [0.25, 0.3) is 0 Å². The van der Waals surface area contributed by atoms with Gasteiger partial charge in [-0.05, 0) is 19.9 Å². The summed E-state index contributed by atoms with van der Waals surface area (Å²) in [7, 11) is 0. The molecule has 5 heteroatoms. The molecule has 1 aromatic heterocycles. The zero-order valence-electron chi connectivity index (χ0n) is 7.66. The van der Waals surface area contributed by atoms with Crippen molar-refractivity contribution in [3.63, 3.8) is 0 Å². The standard InChI is InChI=1S/C8H13N3O2/c1-5-3-7(11-10-5)6(2)9-8(13)4-12/h3,6,12H,4H2,1-2H3,(H,9,13)(H,10,11). The molecule has 1 rings (SSSR count). The molecule has 0 aliphatic carbocycles. The Morgan fingerprint density at radius 2 is 2.54 bits per heavy atom. The maximum atomic E-state index is 10.8. The van der Waals surface area contributed by atoms with E-state index in [0.29, 0.717) is 0 Å². The molecule has 1 amide bonds. The van der Waals surface area contributed by atoms with E-state index >= 15 is 0 Å². The molecule has 3 N–H and O–H groups in total. The zero-order valence-corrected chi connectivity index (χ0v) is 7.66. The lowest BCUT2D eigenvalue weighted by molar-refractivity contribution is -0.124. The van der Waals surface area contributed by atoms with Crippen molar-refractivity contribution in [2.75, 3.05) is 6.61 Å². The van der Waals surface area contributed by atoms with Crippen LogP contribution in [0.1, 0.15) is 24.4 Å². The summed E-state index contributed by atoms with van der Waals surface area (Å²) in [5.41, 5.74) is 1.71. The normalized spacial score (nSPS) is 12.5. The van der Waals surface area contributed by atoms with E-state index in [4.69, 9.17) is 5.11 Å². The van der Waals surface area contributed by atoms with Crippen molar-refractivity contribution in [2.24, 2.45) is 0 Å². The van der Waals surface area contributed by atoms with Crippen LogP contribution >= 0.6 is 0 Å². The highest BCUT2D eigenvalue weighted by Crippen LogP contribution is 2.09. The lowest BCUT2D eigenvalue weighted by atomic mass is 10.2. The van der Waals surface area contributed by atoms with E-state index in [1.807, 2.05) is 19.9 Å². The number of H-pyrrole nitrogens is 1. The van der Waals surface area contributed by atoms with Crippen LogP contribution in [-0.4, -0.2) is 27.8 Å². The van der Waals surface area contributed by atoms with Crippen molar-refractivity contribution in [1.29, 1.82) is 0 Å². The molecule has 1 aromatic rings. The van der Waals surface area contributed by atoms with Crippen LogP contribution in [0, 0.1) is 6.92 Å². The molecule has 1 unspecified atom stereocenters. The summed E-state index contributed by atoms with van der Waals surface area (Å²) in [6.07, 6.45) is 0. The second-order valence-corrected chi connectivity index (χ2v) is 2.92. The SMILES string of the molecule is Cc1cc(C(C)NC(=O)CO)n[nH]1. The number of aromatic amines is 1. The fraction of sp³-hybridized carbons (Fsp3) is 0.500. The Hall–Kier alpha value is -1.36. The first-order valence-corrected chi connectivity index (χ1v) is 4.05. The maximum absolute atomic E-state index is 10.8. The second kappa shape index (κ2) is 4.04. The summed E-state index contributed by atoms with van der Waals surface area (Å²) in [5.74, 6) is -0.395. The van der Waals surface area contributed by atoms with Crippen LogP contribution < -0.4 is 5.32 Å². The smallest absolute Gasteiger partial charge is 0.246 e. The number of amides is 1. The van der Waals surface area contributed by atoms with Crippen molar-refractivity contribution in [2.45, 2.75) is 19.9 Å². The molecule has 0 spiro atoms. The fourth-order valence-electron chi connectivity index (χ4n) is 1.02. The fourth-order valence-corrected chi connectivity index (χ4v) is 1.02. The van der Waals surface area contributed by atoms with Gasteiger partial charge < -0.3 is 10.4 Å². The third kappa shape index (κ3) is 2.55. The van der Waals surface area contributed by atoms with Crippen molar-refractivity contribution < 1.29 is 9.90 Å². The second-order valence-electron chi connectivity index (χ2n) is 2.92. The number of aliphatic hydroxyl groups excluding tert-OH is 1. The molecule has 72 valence electrons. The molecule has 0 saturated heterocycles. The van der Waals surface area contributed by atoms with Crippen molar-refractivity contribution >= 4 is 5.91 Å². The summed E-state index contributed by atoms with van der Waals surface area (Å²) < 4.78 is 0. The molecule has 0 bridgehead atoms. The summed E-state index contributed by atoms with van der Waals surface area (Å²) >= 11 is 0. The Kier molecular flexibility index (Phi) is 3.02. The van der Waals surface area contributed by atoms with Gasteiger partial charge in [-0.3, -0.25) is 9.89 Å². The summed E-state index contributed by atoms with van der Waals surface area (Å²) in [6, 6.07) is 1.67. The minimum atomic E-state index is -0.492. The molecule has 1 heterocycles. The van der Waals surface area contributed by atoms with Crippen molar-refractivity contribution in [3.05, 3.63) is 17.5 Å². The van der Waals surface area contributed by atoms with Crippen molar-refractivity contribution in [1.82, 2.24) is 15.5 Å². The largest absolute Gasteiger partial charge is 0.387 e. The Balaban J connectivity index is 2.58. The van der Waals surface area contributed by atoms with Crippen LogP contribution in [0.15, 0.2) is 6.07 Å². The van der Waals surface area contributed by atoms with E-state index in [9.17, 15) is 4.79 Å². The average Bonchev–Trinajstić information content (AvgIpc) is 2.51. The Morgan fingerprint density at radius 1 is 1.85 bits per heavy atom. The predicted molar refractivity (Wildman–Crippen MR) is 47.0 cm³/mol. The van der Waals surface area contributed by atoms with E-state index in [1.165, 1.54) is 0 Å². The van der Waals surface area contributed by atoms with Gasteiger partial charge in [-0.2, -0.15) is 5.10 Å². The highest BCUT2D eigenvalue weighted by molar-refractivity contribution is 5.77. The van der Waals surface area contributed by atoms with E-state index in [1.54, 1.807) is 0 Å². The number of carbonyl (C=O) groups excluding carboxylic acids is 1. The monoisotopic (exact) mass is 183 g/mol. The van der Waals surface area contributed by atoms with Crippen LogP contribution in [0.4, 0.5) is 0 Å². The topological polar surface area (TPSA) is 78.0 Å². The van der Waals surface area contributed by atoms with Crippen LogP contribution in [0.3, 0.4) is 0 Å². The molecule has 0 radical (unpaired) electrons. The van der Waals surface area contributed by atoms with E-state index in [-0.39, 0.29) is 6.04 Å². The van der Waals surface area contributed by atoms with Gasteiger partial charge >= 0.3 is 0 Å². The summed E-state index contributed by atoms with van der Waals surface area (Å²) in [6.45, 7) is 3.20. The minimum absolute atomic E-state index is 0.176. The Labute approximate surface area is 76.2 Å². The van der Waals surface area contributed by atoms with Gasteiger partial charge in [0, 0.05) is 5.69 Å². The number of hydrogen-bond acceptors (Lipinski definition) is 3. The van der Waals surface area contributed by atoms with Crippen LogP contribution in [-0.2, 0) is 4.79 Å². The average molecular weight is 183 g/mol. The maximum Gasteiger partial charge on any atom is 0.246 e. The van der Waals surface area contributed by atoms with Gasteiger partial charge in [-0.1, -0.05) is 0 Å². The molecule has 13 heavy (non-hydrogen) atoms. The number of aryl methyl sites for hydroxylation is 1. The third-order valence-electron chi connectivity index (χ3n) is 1.69. The number of carbonyl (C=O) groups is 1. The first-order chi connectivity index (χ1) is 6.13. The van der Waals surface area contributed by atoms with Gasteiger partial charge in [0.05, 0.1) is 11.7 Å². The van der Waals surface area contributed by atoms with E-state index < -0.39 is 12.5 Å². The number of nitrogens with zero attached hydrogens (tertiary/aromatic N) is 1. The first kappa shape index (κ1) is 9.73. The predicted octanol–water partition coefficient (Wildman–Crippen LogP) is -0.112. The van der Waals surface area contributed by atoms with Gasteiger partial charge in [0.2, 0.25) is 5.91 Å². The highest BCUT2D eigenvalue weighted by Gasteiger charge is 2.10. The van der Waals surface area contributed by atoms with Gasteiger partial charge in [0.1, 0.15) is 6.61 Å². The Morgan fingerprint density at radius 3 is 3.00 bits per heavy atom. The van der Waals surface area contributed by atoms with E-state index in [0.717, 1.165) is 11.4 Å². The summed E-state index contributed by atoms with van der Waals surface area (Å²) in [5, 5.41) is 17.8. The quantitative estimate of drug-likeness (QED) is 0.611.